The van der Waals surface area contributed by atoms with Crippen LogP contribution in [0.5, 0.6) is 0 Å². The van der Waals surface area contributed by atoms with E-state index in [0.717, 1.165) is 29.7 Å². The Balaban J connectivity index is 1.74. The number of hydrogen-bond donors (Lipinski definition) is 2. The van der Waals surface area contributed by atoms with E-state index in [1.54, 1.807) is 18.7 Å². The number of nitrogen functional groups attached to an aromatic ring is 1. The molecule has 3 rings (SSSR count). The van der Waals surface area contributed by atoms with Crippen LogP contribution in [0.15, 0.2) is 49.1 Å². The van der Waals surface area contributed by atoms with Crippen LogP contribution in [0, 0.1) is 0 Å². The van der Waals surface area contributed by atoms with Gasteiger partial charge in [-0.3, -0.25) is 4.98 Å². The van der Waals surface area contributed by atoms with E-state index >= 15 is 0 Å². The molecule has 0 aliphatic rings. The van der Waals surface area contributed by atoms with Gasteiger partial charge in [-0.15, -0.1) is 0 Å². The molecule has 0 aliphatic heterocycles. The molecule has 3 N–H and O–H groups in total. The molecule has 0 aliphatic carbocycles. The van der Waals surface area contributed by atoms with Gasteiger partial charge in [0.25, 0.3) is 0 Å². The minimum atomic E-state index is 0.707. The standard InChI is InChI=1S/C15H15N5/c16-12-1-2-13-14(9-12)19-10-20-15(13)18-8-5-11-3-6-17-7-4-11/h1-4,6-7,9-10H,5,8,16H2,(H,18,19,20). The number of aromatic nitrogens is 3. The lowest BCUT2D eigenvalue weighted by Gasteiger charge is -2.08. The molecule has 2 aromatic heterocycles. The van der Waals surface area contributed by atoms with Crippen LogP contribution in [0.2, 0.25) is 0 Å². The number of nitrogens with two attached hydrogens (primary N) is 1. The van der Waals surface area contributed by atoms with Crippen molar-refractivity contribution in [1.82, 2.24) is 15.0 Å². The van der Waals surface area contributed by atoms with Gasteiger partial charge < -0.3 is 11.1 Å². The molecular weight excluding hydrogens is 250 g/mol. The van der Waals surface area contributed by atoms with Gasteiger partial charge in [0.15, 0.2) is 0 Å². The van der Waals surface area contributed by atoms with E-state index in [0.29, 0.717) is 5.69 Å². The lowest BCUT2D eigenvalue weighted by Crippen LogP contribution is -2.07. The van der Waals surface area contributed by atoms with E-state index < -0.39 is 0 Å². The highest BCUT2D eigenvalue weighted by Crippen LogP contribution is 2.21. The molecule has 0 fully saturated rings. The molecule has 0 saturated carbocycles. The van der Waals surface area contributed by atoms with Crippen molar-refractivity contribution in [3.8, 4) is 0 Å². The van der Waals surface area contributed by atoms with Gasteiger partial charge in [0.05, 0.1) is 5.52 Å². The summed E-state index contributed by atoms with van der Waals surface area (Å²) in [6.07, 6.45) is 6.08. The Morgan fingerprint density at radius 2 is 1.90 bits per heavy atom. The summed E-state index contributed by atoms with van der Waals surface area (Å²) in [6, 6.07) is 9.69. The van der Waals surface area contributed by atoms with Crippen molar-refractivity contribution in [2.24, 2.45) is 0 Å². The van der Waals surface area contributed by atoms with Gasteiger partial charge in [-0.2, -0.15) is 0 Å². The fraction of sp³-hybridized carbons (Fsp3) is 0.133. The normalized spacial score (nSPS) is 10.6. The summed E-state index contributed by atoms with van der Waals surface area (Å²) in [7, 11) is 0. The Morgan fingerprint density at radius 1 is 1.05 bits per heavy atom. The second-order valence-corrected chi connectivity index (χ2v) is 4.53. The van der Waals surface area contributed by atoms with E-state index in [9.17, 15) is 0 Å². The lowest BCUT2D eigenvalue weighted by molar-refractivity contribution is 1.000. The number of anilines is 2. The van der Waals surface area contributed by atoms with Crippen LogP contribution in [0.4, 0.5) is 11.5 Å². The molecule has 5 nitrogen and oxygen atoms in total. The Bertz CT molecular complexity index is 712. The summed E-state index contributed by atoms with van der Waals surface area (Å²) < 4.78 is 0. The van der Waals surface area contributed by atoms with Gasteiger partial charge >= 0.3 is 0 Å². The highest BCUT2D eigenvalue weighted by Gasteiger charge is 2.03. The Labute approximate surface area is 116 Å². The minimum absolute atomic E-state index is 0.707. The van der Waals surface area contributed by atoms with Gasteiger partial charge in [0.1, 0.15) is 12.1 Å². The first kappa shape index (κ1) is 12.3. The first-order valence-corrected chi connectivity index (χ1v) is 6.46. The van der Waals surface area contributed by atoms with E-state index in [-0.39, 0.29) is 0 Å². The number of hydrogen-bond acceptors (Lipinski definition) is 5. The van der Waals surface area contributed by atoms with Gasteiger partial charge in [-0.25, -0.2) is 9.97 Å². The van der Waals surface area contributed by atoms with Crippen LogP contribution in [-0.2, 0) is 6.42 Å². The molecule has 0 radical (unpaired) electrons. The Hall–Kier alpha value is -2.69. The van der Waals surface area contributed by atoms with E-state index in [1.165, 1.54) is 5.56 Å². The maximum absolute atomic E-state index is 5.76. The number of fused-ring (bicyclic) bond motifs is 1. The molecule has 5 heteroatoms. The molecule has 0 unspecified atom stereocenters. The molecule has 2 heterocycles. The van der Waals surface area contributed by atoms with Gasteiger partial charge in [-0.05, 0) is 42.3 Å². The summed E-state index contributed by atoms with van der Waals surface area (Å²) in [4.78, 5) is 12.5. The molecule has 1 aromatic carbocycles. The van der Waals surface area contributed by atoms with Crippen molar-refractivity contribution in [3.63, 3.8) is 0 Å². The first-order valence-electron chi connectivity index (χ1n) is 6.46. The van der Waals surface area contributed by atoms with Gasteiger partial charge in [0.2, 0.25) is 0 Å². The molecule has 0 bridgehead atoms. The van der Waals surface area contributed by atoms with Crippen molar-refractivity contribution in [2.45, 2.75) is 6.42 Å². The third kappa shape index (κ3) is 2.66. The van der Waals surface area contributed by atoms with Crippen molar-refractivity contribution in [3.05, 3.63) is 54.6 Å². The predicted molar refractivity (Wildman–Crippen MR) is 80.4 cm³/mol. The Morgan fingerprint density at radius 3 is 2.75 bits per heavy atom. The van der Waals surface area contributed by atoms with Crippen LogP contribution in [0.1, 0.15) is 5.56 Å². The zero-order valence-electron chi connectivity index (χ0n) is 11.0. The number of benzene rings is 1. The van der Waals surface area contributed by atoms with Crippen LogP contribution in [0.25, 0.3) is 10.9 Å². The second-order valence-electron chi connectivity index (χ2n) is 4.53. The fourth-order valence-electron chi connectivity index (χ4n) is 2.09. The minimum Gasteiger partial charge on any atom is -0.399 e. The largest absolute Gasteiger partial charge is 0.399 e. The van der Waals surface area contributed by atoms with Crippen LogP contribution in [-0.4, -0.2) is 21.5 Å². The van der Waals surface area contributed by atoms with Crippen LogP contribution < -0.4 is 11.1 Å². The monoisotopic (exact) mass is 265 g/mol. The maximum atomic E-state index is 5.76. The summed E-state index contributed by atoms with van der Waals surface area (Å²) in [5, 5.41) is 4.33. The molecule has 0 saturated heterocycles. The third-order valence-corrected chi connectivity index (χ3v) is 3.12. The van der Waals surface area contributed by atoms with Gasteiger partial charge in [-0.1, -0.05) is 0 Å². The topological polar surface area (TPSA) is 76.7 Å². The number of nitrogens with zero attached hydrogens (tertiary/aromatic N) is 3. The zero-order valence-corrected chi connectivity index (χ0v) is 11.0. The van der Waals surface area contributed by atoms with Crippen molar-refractivity contribution < 1.29 is 0 Å². The van der Waals surface area contributed by atoms with Crippen molar-refractivity contribution in [2.75, 3.05) is 17.6 Å². The quantitative estimate of drug-likeness (QED) is 0.708. The smallest absolute Gasteiger partial charge is 0.137 e. The molecular formula is C15H15N5. The van der Waals surface area contributed by atoms with E-state index in [1.807, 2.05) is 30.3 Å². The summed E-state index contributed by atoms with van der Waals surface area (Å²) >= 11 is 0. The molecule has 100 valence electrons. The zero-order chi connectivity index (χ0) is 13.8. The van der Waals surface area contributed by atoms with Crippen LogP contribution >= 0.6 is 0 Å². The summed E-state index contributed by atoms with van der Waals surface area (Å²) in [5.74, 6) is 0.837. The third-order valence-electron chi connectivity index (χ3n) is 3.12. The molecule has 20 heavy (non-hydrogen) atoms. The van der Waals surface area contributed by atoms with Gasteiger partial charge in [0, 0.05) is 30.0 Å². The SMILES string of the molecule is Nc1ccc2c(NCCc3ccncc3)ncnc2c1. The number of pyridine rings is 1. The summed E-state index contributed by atoms with van der Waals surface area (Å²) in [6.45, 7) is 0.806. The molecule has 0 spiro atoms. The molecule has 3 aromatic rings. The van der Waals surface area contributed by atoms with Crippen LogP contribution in [0.3, 0.4) is 0 Å². The average molecular weight is 265 g/mol. The molecule has 0 amide bonds. The predicted octanol–water partition coefficient (Wildman–Crippen LogP) is 2.26. The highest BCUT2D eigenvalue weighted by molar-refractivity contribution is 5.90. The van der Waals surface area contributed by atoms with E-state index in [4.69, 9.17) is 5.73 Å². The lowest BCUT2D eigenvalue weighted by atomic mass is 10.2. The summed E-state index contributed by atoms with van der Waals surface area (Å²) in [5.41, 5.74) is 8.57. The number of nitrogens with one attached hydrogen (secondary N) is 1. The van der Waals surface area contributed by atoms with Crippen molar-refractivity contribution >= 4 is 22.4 Å². The average Bonchev–Trinajstić information content (AvgIpc) is 2.48. The fourth-order valence-corrected chi connectivity index (χ4v) is 2.09. The first-order chi connectivity index (χ1) is 9.83. The van der Waals surface area contributed by atoms with E-state index in [2.05, 4.69) is 20.3 Å². The maximum Gasteiger partial charge on any atom is 0.137 e. The molecule has 0 atom stereocenters. The second kappa shape index (κ2) is 5.52. The highest BCUT2D eigenvalue weighted by atomic mass is 15.0. The Kier molecular flexibility index (Phi) is 3.41. The number of rotatable bonds is 4. The van der Waals surface area contributed by atoms with Crippen molar-refractivity contribution in [1.29, 1.82) is 0 Å².